The van der Waals surface area contributed by atoms with E-state index < -0.39 is 0 Å². The summed E-state index contributed by atoms with van der Waals surface area (Å²) in [6.45, 7) is 10.8. The molecule has 0 fully saturated rings. The fourth-order valence-corrected chi connectivity index (χ4v) is 2.01. The first kappa shape index (κ1) is 15.7. The first-order chi connectivity index (χ1) is 7.44. The van der Waals surface area contributed by atoms with Gasteiger partial charge in [0.05, 0.1) is 0 Å². The van der Waals surface area contributed by atoms with Crippen LogP contribution >= 0.6 is 0 Å². The second-order valence-corrected chi connectivity index (χ2v) is 5.86. The zero-order valence-electron chi connectivity index (χ0n) is 11.9. The van der Waals surface area contributed by atoms with E-state index in [-0.39, 0.29) is 5.41 Å². The van der Waals surface area contributed by atoms with Crippen LogP contribution in [0.5, 0.6) is 0 Å². The highest BCUT2D eigenvalue weighted by Crippen LogP contribution is 2.28. The van der Waals surface area contributed by atoms with Crippen molar-refractivity contribution >= 4 is 5.78 Å². The van der Waals surface area contributed by atoms with Crippen molar-refractivity contribution in [2.75, 3.05) is 0 Å². The molecular weight excluding hydrogens is 196 g/mol. The summed E-state index contributed by atoms with van der Waals surface area (Å²) in [7, 11) is 0. The van der Waals surface area contributed by atoms with Crippen LogP contribution in [-0.2, 0) is 4.79 Å². The molecule has 0 rings (SSSR count). The van der Waals surface area contributed by atoms with Crippen molar-refractivity contribution in [3.05, 3.63) is 0 Å². The van der Waals surface area contributed by atoms with Gasteiger partial charge in [-0.15, -0.1) is 0 Å². The fourth-order valence-electron chi connectivity index (χ4n) is 2.01. The maximum atomic E-state index is 12.1. The van der Waals surface area contributed by atoms with Crippen LogP contribution in [0.4, 0.5) is 0 Å². The molecule has 0 aromatic carbocycles. The number of Topliss-reactive ketones (excluding diaryl/α,β-unsaturated/α-hetero) is 1. The number of carbonyl (C=O) groups excluding carboxylic acids is 1. The first-order valence-electron chi connectivity index (χ1n) is 6.97. The van der Waals surface area contributed by atoms with Crippen LogP contribution in [0.15, 0.2) is 0 Å². The van der Waals surface area contributed by atoms with Crippen LogP contribution in [0.25, 0.3) is 0 Å². The normalized spacial score (nSPS) is 13.8. The summed E-state index contributed by atoms with van der Waals surface area (Å²) in [6.07, 6.45) is 7.86. The molecule has 96 valence electrons. The van der Waals surface area contributed by atoms with E-state index >= 15 is 0 Å². The van der Waals surface area contributed by atoms with Gasteiger partial charge in [0.25, 0.3) is 0 Å². The molecule has 0 saturated carbocycles. The van der Waals surface area contributed by atoms with E-state index in [4.69, 9.17) is 0 Å². The minimum atomic E-state index is -0.101. The summed E-state index contributed by atoms with van der Waals surface area (Å²) in [5.74, 6) is 1.03. The van der Waals surface area contributed by atoms with Gasteiger partial charge in [0.2, 0.25) is 0 Å². The van der Waals surface area contributed by atoms with Crippen LogP contribution in [0.1, 0.15) is 79.6 Å². The number of carbonyl (C=O) groups is 1. The van der Waals surface area contributed by atoms with Crippen LogP contribution < -0.4 is 0 Å². The summed E-state index contributed by atoms with van der Waals surface area (Å²) >= 11 is 0. The Kier molecular flexibility index (Phi) is 7.70. The highest BCUT2D eigenvalue weighted by molar-refractivity contribution is 5.84. The Balaban J connectivity index is 4.02. The van der Waals surface area contributed by atoms with Crippen molar-refractivity contribution in [2.24, 2.45) is 11.3 Å². The molecule has 0 radical (unpaired) electrons. The predicted molar refractivity (Wildman–Crippen MR) is 71.6 cm³/mol. The van der Waals surface area contributed by atoms with Gasteiger partial charge in [-0.05, 0) is 12.3 Å². The Hall–Kier alpha value is -0.330. The van der Waals surface area contributed by atoms with Gasteiger partial charge in [-0.1, -0.05) is 66.7 Å². The Bertz CT molecular complexity index is 194. The summed E-state index contributed by atoms with van der Waals surface area (Å²) < 4.78 is 0. The lowest BCUT2D eigenvalue weighted by Crippen LogP contribution is -2.25. The third-order valence-corrected chi connectivity index (χ3v) is 3.49. The largest absolute Gasteiger partial charge is 0.299 e. The van der Waals surface area contributed by atoms with Gasteiger partial charge < -0.3 is 0 Å². The Morgan fingerprint density at radius 2 is 1.69 bits per heavy atom. The molecule has 0 bridgehead atoms. The van der Waals surface area contributed by atoms with Crippen LogP contribution in [0, 0.1) is 11.3 Å². The maximum absolute atomic E-state index is 12.1. The standard InChI is InChI=1S/C15H30O/c1-6-8-10-13(3)12-14(16)15(4,5)11-9-7-2/h13H,6-12H2,1-5H3. The topological polar surface area (TPSA) is 17.1 Å². The fraction of sp³-hybridized carbons (Fsp3) is 0.933. The van der Waals surface area contributed by atoms with Crippen molar-refractivity contribution in [3.63, 3.8) is 0 Å². The molecule has 0 N–H and O–H groups in total. The Morgan fingerprint density at radius 1 is 1.12 bits per heavy atom. The monoisotopic (exact) mass is 226 g/mol. The van der Waals surface area contributed by atoms with Crippen molar-refractivity contribution in [1.82, 2.24) is 0 Å². The SMILES string of the molecule is CCCCC(C)CC(=O)C(C)(C)CCCC. The lowest BCUT2D eigenvalue weighted by molar-refractivity contribution is -0.128. The number of hydrogen-bond donors (Lipinski definition) is 0. The van der Waals surface area contributed by atoms with Crippen LogP contribution in [-0.4, -0.2) is 5.78 Å². The zero-order valence-corrected chi connectivity index (χ0v) is 11.9. The highest BCUT2D eigenvalue weighted by atomic mass is 16.1. The minimum Gasteiger partial charge on any atom is -0.299 e. The summed E-state index contributed by atoms with van der Waals surface area (Å²) in [5, 5.41) is 0. The first-order valence-corrected chi connectivity index (χ1v) is 6.97. The minimum absolute atomic E-state index is 0.101. The molecular formula is C15H30O. The summed E-state index contributed by atoms with van der Waals surface area (Å²) in [6, 6.07) is 0. The van der Waals surface area contributed by atoms with Gasteiger partial charge in [-0.2, -0.15) is 0 Å². The third-order valence-electron chi connectivity index (χ3n) is 3.49. The average molecular weight is 226 g/mol. The van der Waals surface area contributed by atoms with Crippen molar-refractivity contribution in [1.29, 1.82) is 0 Å². The van der Waals surface area contributed by atoms with Gasteiger partial charge in [0.1, 0.15) is 5.78 Å². The zero-order chi connectivity index (χ0) is 12.6. The van der Waals surface area contributed by atoms with Gasteiger partial charge >= 0.3 is 0 Å². The van der Waals surface area contributed by atoms with E-state index in [2.05, 4.69) is 34.6 Å². The van der Waals surface area contributed by atoms with Gasteiger partial charge in [-0.25, -0.2) is 0 Å². The second kappa shape index (κ2) is 7.86. The van der Waals surface area contributed by atoms with Crippen LogP contribution in [0.3, 0.4) is 0 Å². The molecule has 0 aromatic rings. The Labute approximate surface area is 102 Å². The smallest absolute Gasteiger partial charge is 0.138 e. The van der Waals surface area contributed by atoms with Crippen molar-refractivity contribution in [3.8, 4) is 0 Å². The molecule has 1 nitrogen and oxygen atoms in total. The second-order valence-electron chi connectivity index (χ2n) is 5.86. The number of hydrogen-bond acceptors (Lipinski definition) is 1. The van der Waals surface area contributed by atoms with E-state index in [1.54, 1.807) is 0 Å². The lowest BCUT2D eigenvalue weighted by Gasteiger charge is -2.24. The molecule has 0 heterocycles. The summed E-state index contributed by atoms with van der Waals surface area (Å²) in [5.41, 5.74) is -0.101. The van der Waals surface area contributed by atoms with Crippen molar-refractivity contribution < 1.29 is 4.79 Å². The highest BCUT2D eigenvalue weighted by Gasteiger charge is 2.27. The molecule has 1 heteroatoms. The van der Waals surface area contributed by atoms with Gasteiger partial charge in [0.15, 0.2) is 0 Å². The lowest BCUT2D eigenvalue weighted by atomic mass is 9.79. The Morgan fingerprint density at radius 3 is 2.19 bits per heavy atom. The molecule has 0 aliphatic heterocycles. The molecule has 16 heavy (non-hydrogen) atoms. The molecule has 0 spiro atoms. The molecule has 0 saturated heterocycles. The van der Waals surface area contributed by atoms with E-state index in [0.29, 0.717) is 11.7 Å². The van der Waals surface area contributed by atoms with Gasteiger partial charge in [0, 0.05) is 11.8 Å². The molecule has 0 aliphatic carbocycles. The van der Waals surface area contributed by atoms with E-state index in [1.165, 1.54) is 32.1 Å². The molecule has 0 aromatic heterocycles. The number of ketones is 1. The predicted octanol–water partition coefficient (Wildman–Crippen LogP) is 4.99. The molecule has 0 amide bonds. The van der Waals surface area contributed by atoms with E-state index in [9.17, 15) is 4.79 Å². The van der Waals surface area contributed by atoms with E-state index in [1.807, 2.05) is 0 Å². The molecule has 0 aliphatic rings. The molecule has 1 atom stereocenters. The summed E-state index contributed by atoms with van der Waals surface area (Å²) in [4.78, 5) is 12.1. The third kappa shape index (κ3) is 6.30. The van der Waals surface area contributed by atoms with Crippen LogP contribution in [0.2, 0.25) is 0 Å². The number of unbranched alkanes of at least 4 members (excludes halogenated alkanes) is 2. The average Bonchev–Trinajstić information content (AvgIpc) is 2.23. The quantitative estimate of drug-likeness (QED) is 0.541. The number of rotatable bonds is 9. The van der Waals surface area contributed by atoms with E-state index in [0.717, 1.165) is 12.8 Å². The van der Waals surface area contributed by atoms with Crippen molar-refractivity contribution in [2.45, 2.75) is 79.6 Å². The molecule has 1 unspecified atom stereocenters. The maximum Gasteiger partial charge on any atom is 0.138 e. The van der Waals surface area contributed by atoms with Gasteiger partial charge in [-0.3, -0.25) is 4.79 Å².